The van der Waals surface area contributed by atoms with E-state index in [1.54, 1.807) is 6.92 Å². The molecular formula is C19H14F3NO5. The summed E-state index contributed by atoms with van der Waals surface area (Å²) in [6.07, 6.45) is -4.55. The Hall–Kier alpha value is -3.23. The molecule has 0 spiro atoms. The molecule has 28 heavy (non-hydrogen) atoms. The van der Waals surface area contributed by atoms with Crippen LogP contribution in [0.4, 0.5) is 13.2 Å². The van der Waals surface area contributed by atoms with Crippen LogP contribution in [0.1, 0.15) is 44.5 Å². The van der Waals surface area contributed by atoms with Gasteiger partial charge in [0, 0.05) is 11.6 Å². The van der Waals surface area contributed by atoms with Gasteiger partial charge < -0.3 is 4.42 Å². The van der Waals surface area contributed by atoms with E-state index in [0.29, 0.717) is 12.0 Å². The molecule has 1 aliphatic heterocycles. The van der Waals surface area contributed by atoms with E-state index in [0.717, 1.165) is 35.2 Å². The number of alkyl halides is 3. The van der Waals surface area contributed by atoms with Gasteiger partial charge in [0.05, 0.1) is 24.1 Å². The zero-order chi connectivity index (χ0) is 20.6. The number of carbonyl (C=O) groups is 3. The number of fused-ring (bicyclic) bond motifs is 1. The average molecular weight is 393 g/mol. The number of amides is 2. The number of hydrogen-bond donors (Lipinski definition) is 0. The minimum atomic E-state index is -4.54. The lowest BCUT2D eigenvalue weighted by atomic mass is 9.98. The molecule has 0 unspecified atom stereocenters. The maximum atomic E-state index is 12.7. The maximum absolute atomic E-state index is 12.7. The van der Waals surface area contributed by atoms with Gasteiger partial charge in [-0.2, -0.15) is 13.2 Å². The molecule has 0 N–H and O–H groups in total. The number of aryl methyl sites for hydroxylation is 1. The molecule has 6 nitrogen and oxygen atoms in total. The number of halogens is 3. The largest absolute Gasteiger partial charge is 0.426 e. The average Bonchev–Trinajstić information content (AvgIpc) is 2.63. The van der Waals surface area contributed by atoms with Crippen LogP contribution in [0.25, 0.3) is 0 Å². The Morgan fingerprint density at radius 3 is 2.36 bits per heavy atom. The fraction of sp³-hybridized carbons (Fsp3) is 0.263. The van der Waals surface area contributed by atoms with Gasteiger partial charge in [-0.1, -0.05) is 19.1 Å². The van der Waals surface area contributed by atoms with Crippen LogP contribution in [-0.2, 0) is 23.8 Å². The lowest BCUT2D eigenvalue weighted by molar-refractivity contribution is -0.137. The Bertz CT molecular complexity index is 1020. The fourth-order valence-electron chi connectivity index (χ4n) is 2.98. The first-order chi connectivity index (χ1) is 13.1. The SMILES string of the molecule is CCc1cc(=O)oc2c1C(=O)N(CC(=O)c1ccc(C(F)(F)F)cc1)C(=O)C2. The van der Waals surface area contributed by atoms with Gasteiger partial charge in [0.2, 0.25) is 5.91 Å². The second kappa shape index (κ2) is 7.06. The Morgan fingerprint density at radius 1 is 1.14 bits per heavy atom. The summed E-state index contributed by atoms with van der Waals surface area (Å²) in [4.78, 5) is 49.6. The van der Waals surface area contributed by atoms with E-state index in [1.807, 2.05) is 0 Å². The van der Waals surface area contributed by atoms with E-state index < -0.39 is 41.5 Å². The number of nitrogens with zero attached hydrogens (tertiary/aromatic N) is 1. The third-order valence-corrected chi connectivity index (χ3v) is 4.40. The molecule has 0 saturated carbocycles. The lowest BCUT2D eigenvalue weighted by Gasteiger charge is -2.26. The van der Waals surface area contributed by atoms with E-state index in [2.05, 4.69) is 0 Å². The van der Waals surface area contributed by atoms with Crippen molar-refractivity contribution in [1.29, 1.82) is 0 Å². The van der Waals surface area contributed by atoms with Crippen molar-refractivity contribution in [2.75, 3.05) is 6.54 Å². The molecule has 1 aliphatic rings. The highest BCUT2D eigenvalue weighted by Gasteiger charge is 2.36. The first kappa shape index (κ1) is 19.5. The second-order valence-corrected chi connectivity index (χ2v) is 6.20. The van der Waals surface area contributed by atoms with Crippen LogP contribution >= 0.6 is 0 Å². The number of ketones is 1. The lowest BCUT2D eigenvalue weighted by Crippen LogP contribution is -2.45. The molecular weight excluding hydrogens is 379 g/mol. The third kappa shape index (κ3) is 3.60. The molecule has 0 fully saturated rings. The number of carbonyl (C=O) groups excluding carboxylic acids is 3. The molecule has 2 heterocycles. The van der Waals surface area contributed by atoms with Gasteiger partial charge in [0.1, 0.15) is 5.76 Å². The number of benzene rings is 1. The van der Waals surface area contributed by atoms with Crippen LogP contribution in [-0.4, -0.2) is 29.0 Å². The third-order valence-electron chi connectivity index (χ3n) is 4.40. The standard InChI is InChI=1S/C19H14F3NO5/c1-2-10-7-16(26)28-14-8-15(25)23(18(27)17(10)14)9-13(24)11-3-5-12(6-4-11)19(20,21)22/h3-7H,2,8-9H2,1H3. The van der Waals surface area contributed by atoms with Crippen molar-refractivity contribution in [3.63, 3.8) is 0 Å². The number of rotatable bonds is 4. The molecule has 2 amide bonds. The summed E-state index contributed by atoms with van der Waals surface area (Å²) in [6.45, 7) is 1.10. The van der Waals surface area contributed by atoms with Gasteiger partial charge in [-0.3, -0.25) is 19.3 Å². The van der Waals surface area contributed by atoms with E-state index in [-0.39, 0.29) is 23.3 Å². The first-order valence-corrected chi connectivity index (χ1v) is 8.33. The summed E-state index contributed by atoms with van der Waals surface area (Å²) in [7, 11) is 0. The smallest absolute Gasteiger partial charge is 0.416 e. The number of Topliss-reactive ketones (excluding diaryl/α,β-unsaturated/α-hetero) is 1. The van der Waals surface area contributed by atoms with Crippen molar-refractivity contribution < 1.29 is 32.0 Å². The normalized spacial score (nSPS) is 14.2. The Labute approximate surface area is 156 Å². The highest BCUT2D eigenvalue weighted by Crippen LogP contribution is 2.29. The predicted octanol–water partition coefficient (Wildman–Crippen LogP) is 2.63. The molecule has 1 aromatic carbocycles. The van der Waals surface area contributed by atoms with Crippen molar-refractivity contribution >= 4 is 17.6 Å². The highest BCUT2D eigenvalue weighted by atomic mass is 19.4. The summed E-state index contributed by atoms with van der Waals surface area (Å²) in [5.74, 6) is -2.23. The Balaban J connectivity index is 1.87. The van der Waals surface area contributed by atoms with Crippen molar-refractivity contribution in [2.24, 2.45) is 0 Å². The Kier molecular flexibility index (Phi) is 4.93. The topological polar surface area (TPSA) is 84.7 Å². The monoisotopic (exact) mass is 393 g/mol. The maximum Gasteiger partial charge on any atom is 0.416 e. The van der Waals surface area contributed by atoms with Crippen LogP contribution < -0.4 is 5.63 Å². The molecule has 2 aromatic rings. The first-order valence-electron chi connectivity index (χ1n) is 8.33. The summed E-state index contributed by atoms with van der Waals surface area (Å²) in [5.41, 5.74) is -1.18. The van der Waals surface area contributed by atoms with Crippen molar-refractivity contribution in [3.8, 4) is 0 Å². The molecule has 146 valence electrons. The van der Waals surface area contributed by atoms with Crippen molar-refractivity contribution in [2.45, 2.75) is 25.9 Å². The van der Waals surface area contributed by atoms with E-state index >= 15 is 0 Å². The van der Waals surface area contributed by atoms with Crippen molar-refractivity contribution in [1.82, 2.24) is 4.90 Å². The second-order valence-electron chi connectivity index (χ2n) is 6.20. The van der Waals surface area contributed by atoms with Crippen LogP contribution in [0.2, 0.25) is 0 Å². The van der Waals surface area contributed by atoms with Gasteiger partial charge >= 0.3 is 11.8 Å². The highest BCUT2D eigenvalue weighted by molar-refractivity contribution is 6.13. The van der Waals surface area contributed by atoms with Gasteiger partial charge in [-0.15, -0.1) is 0 Å². The summed E-state index contributed by atoms with van der Waals surface area (Å²) in [5, 5.41) is 0. The van der Waals surface area contributed by atoms with E-state index in [9.17, 15) is 32.3 Å². The molecule has 0 bridgehead atoms. The Morgan fingerprint density at radius 2 is 1.79 bits per heavy atom. The van der Waals surface area contributed by atoms with Gasteiger partial charge in [-0.25, -0.2) is 4.79 Å². The van der Waals surface area contributed by atoms with Crippen LogP contribution in [0.5, 0.6) is 0 Å². The zero-order valence-corrected chi connectivity index (χ0v) is 14.6. The van der Waals surface area contributed by atoms with E-state index in [1.165, 1.54) is 0 Å². The predicted molar refractivity (Wildman–Crippen MR) is 89.9 cm³/mol. The molecule has 0 atom stereocenters. The molecule has 1 aromatic heterocycles. The van der Waals surface area contributed by atoms with Gasteiger partial charge in [0.15, 0.2) is 5.78 Å². The number of hydrogen-bond acceptors (Lipinski definition) is 5. The van der Waals surface area contributed by atoms with Crippen LogP contribution in [0, 0.1) is 0 Å². The quantitative estimate of drug-likeness (QED) is 0.589. The summed E-state index contributed by atoms with van der Waals surface area (Å²) in [6, 6.07) is 4.66. The fourth-order valence-corrected chi connectivity index (χ4v) is 2.98. The van der Waals surface area contributed by atoms with Gasteiger partial charge in [0.25, 0.3) is 5.91 Å². The van der Waals surface area contributed by atoms with E-state index in [4.69, 9.17) is 4.42 Å². The number of imide groups is 1. The van der Waals surface area contributed by atoms with Gasteiger partial charge in [-0.05, 0) is 24.1 Å². The minimum absolute atomic E-state index is 0.0439. The summed E-state index contributed by atoms with van der Waals surface area (Å²) < 4.78 is 42.8. The minimum Gasteiger partial charge on any atom is -0.426 e. The molecule has 0 radical (unpaired) electrons. The zero-order valence-electron chi connectivity index (χ0n) is 14.6. The molecule has 9 heteroatoms. The molecule has 0 aliphatic carbocycles. The van der Waals surface area contributed by atoms with Crippen LogP contribution in [0.15, 0.2) is 39.5 Å². The molecule has 3 rings (SSSR count). The van der Waals surface area contributed by atoms with Crippen LogP contribution in [0.3, 0.4) is 0 Å². The molecule has 0 saturated heterocycles. The van der Waals surface area contributed by atoms with Crippen molar-refractivity contribution in [3.05, 3.63) is 68.8 Å². The summed E-state index contributed by atoms with van der Waals surface area (Å²) >= 11 is 0.